The van der Waals surface area contributed by atoms with Gasteiger partial charge in [-0.1, -0.05) is 6.92 Å². The zero-order valence-corrected chi connectivity index (χ0v) is 9.01. The number of aliphatic hydroxyl groups is 1. The van der Waals surface area contributed by atoms with Crippen LogP contribution in [0.15, 0.2) is 27.4 Å². The van der Waals surface area contributed by atoms with Crippen molar-refractivity contribution in [3.63, 3.8) is 0 Å². The summed E-state index contributed by atoms with van der Waals surface area (Å²) in [5.74, 6) is -0.406. The van der Waals surface area contributed by atoms with Crippen LogP contribution >= 0.6 is 0 Å². The molecule has 2 aromatic rings. The molecule has 1 heterocycles. The lowest BCUT2D eigenvalue weighted by Crippen LogP contribution is -2.20. The van der Waals surface area contributed by atoms with Crippen LogP contribution in [0.5, 0.6) is 0 Å². The summed E-state index contributed by atoms with van der Waals surface area (Å²) in [6.07, 6.45) is 0. The Bertz CT molecular complexity index is 556. The zero-order valence-electron chi connectivity index (χ0n) is 9.01. The normalized spacial score (nSPS) is 13.1. The summed E-state index contributed by atoms with van der Waals surface area (Å²) in [5.41, 5.74) is 7.35. The van der Waals surface area contributed by atoms with Crippen molar-refractivity contribution in [1.29, 1.82) is 0 Å². The maximum Gasteiger partial charge on any atom is 0.419 e. The molecule has 5 nitrogen and oxygen atoms in total. The van der Waals surface area contributed by atoms with Crippen molar-refractivity contribution in [2.75, 3.05) is 12.3 Å². The number of nitrogen functional groups attached to an aromatic ring is 1. The lowest BCUT2D eigenvalue weighted by atomic mass is 10.2. The van der Waals surface area contributed by atoms with Crippen molar-refractivity contribution in [2.45, 2.75) is 13.5 Å². The highest BCUT2D eigenvalue weighted by atomic mass is 16.4. The molecule has 0 bridgehead atoms. The predicted molar refractivity (Wildman–Crippen MR) is 61.1 cm³/mol. The molecule has 86 valence electrons. The van der Waals surface area contributed by atoms with Gasteiger partial charge in [-0.25, -0.2) is 4.79 Å². The quantitative estimate of drug-likeness (QED) is 0.753. The standard InChI is InChI=1S/C11H14N2O3/c1-7(6-14)5-13-9-3-2-8(12)4-10(9)16-11(13)15/h2-4,7,14H,5-6,12H2,1H3. The van der Waals surface area contributed by atoms with Crippen LogP contribution in [0.1, 0.15) is 6.92 Å². The Morgan fingerprint density at radius 3 is 3.00 bits per heavy atom. The van der Waals surface area contributed by atoms with Gasteiger partial charge in [-0.3, -0.25) is 4.57 Å². The molecule has 0 aliphatic rings. The molecular weight excluding hydrogens is 208 g/mol. The molecule has 3 N–H and O–H groups in total. The molecular formula is C11H14N2O3. The molecule has 0 aliphatic carbocycles. The van der Waals surface area contributed by atoms with E-state index >= 15 is 0 Å². The number of oxazole rings is 1. The molecule has 0 aliphatic heterocycles. The Balaban J connectivity index is 2.52. The highest BCUT2D eigenvalue weighted by molar-refractivity contribution is 5.76. The van der Waals surface area contributed by atoms with Crippen molar-refractivity contribution in [3.8, 4) is 0 Å². The third-order valence-corrected chi connectivity index (χ3v) is 2.50. The van der Waals surface area contributed by atoms with Gasteiger partial charge in [0.2, 0.25) is 0 Å². The minimum Gasteiger partial charge on any atom is -0.408 e. The SMILES string of the molecule is CC(CO)Cn1c(=O)oc2cc(N)ccc21. The van der Waals surface area contributed by atoms with E-state index in [1.54, 1.807) is 18.2 Å². The maximum absolute atomic E-state index is 11.6. The van der Waals surface area contributed by atoms with Crippen LogP contribution in [0.3, 0.4) is 0 Å². The molecule has 2 rings (SSSR count). The fourth-order valence-electron chi connectivity index (χ4n) is 1.63. The van der Waals surface area contributed by atoms with E-state index in [1.165, 1.54) is 4.57 Å². The van der Waals surface area contributed by atoms with E-state index in [9.17, 15) is 4.79 Å². The fraction of sp³-hybridized carbons (Fsp3) is 0.364. The first-order valence-corrected chi connectivity index (χ1v) is 5.11. The predicted octanol–water partition coefficient (Wildman–Crippen LogP) is 0.805. The molecule has 0 fully saturated rings. The second-order valence-corrected chi connectivity index (χ2v) is 3.99. The van der Waals surface area contributed by atoms with Gasteiger partial charge in [-0.2, -0.15) is 0 Å². The molecule has 0 saturated heterocycles. The summed E-state index contributed by atoms with van der Waals surface area (Å²) >= 11 is 0. The minimum atomic E-state index is -0.416. The van der Waals surface area contributed by atoms with Crippen LogP contribution in [0.2, 0.25) is 0 Å². The Labute approximate surface area is 92.1 Å². The van der Waals surface area contributed by atoms with Gasteiger partial charge >= 0.3 is 5.76 Å². The molecule has 16 heavy (non-hydrogen) atoms. The third-order valence-electron chi connectivity index (χ3n) is 2.50. The number of hydrogen-bond donors (Lipinski definition) is 2. The van der Waals surface area contributed by atoms with Crippen molar-refractivity contribution < 1.29 is 9.52 Å². The summed E-state index contributed by atoms with van der Waals surface area (Å²) in [6, 6.07) is 5.09. The fourth-order valence-corrected chi connectivity index (χ4v) is 1.63. The van der Waals surface area contributed by atoms with Gasteiger partial charge in [0.15, 0.2) is 5.58 Å². The van der Waals surface area contributed by atoms with Crippen LogP contribution in [0.4, 0.5) is 5.69 Å². The van der Waals surface area contributed by atoms with Gasteiger partial charge < -0.3 is 15.3 Å². The first-order valence-electron chi connectivity index (χ1n) is 5.11. The van der Waals surface area contributed by atoms with Gasteiger partial charge in [0.1, 0.15) is 0 Å². The highest BCUT2D eigenvalue weighted by Crippen LogP contribution is 2.17. The number of anilines is 1. The number of rotatable bonds is 3. The molecule has 0 spiro atoms. The number of benzene rings is 1. The Morgan fingerprint density at radius 2 is 2.31 bits per heavy atom. The van der Waals surface area contributed by atoms with Crippen LogP contribution in [0.25, 0.3) is 11.1 Å². The lowest BCUT2D eigenvalue weighted by Gasteiger charge is -2.07. The average Bonchev–Trinajstić information content (AvgIpc) is 2.54. The van der Waals surface area contributed by atoms with E-state index in [-0.39, 0.29) is 12.5 Å². The van der Waals surface area contributed by atoms with Crippen LogP contribution in [0, 0.1) is 5.92 Å². The Kier molecular flexibility index (Phi) is 2.70. The minimum absolute atomic E-state index is 0.0102. The van der Waals surface area contributed by atoms with E-state index in [0.29, 0.717) is 23.3 Å². The highest BCUT2D eigenvalue weighted by Gasteiger charge is 2.11. The number of hydrogen-bond acceptors (Lipinski definition) is 4. The Hall–Kier alpha value is -1.75. The van der Waals surface area contributed by atoms with Crippen molar-refractivity contribution in [3.05, 3.63) is 28.7 Å². The Morgan fingerprint density at radius 1 is 1.56 bits per heavy atom. The van der Waals surface area contributed by atoms with E-state index in [1.807, 2.05) is 6.92 Å². The molecule has 0 radical (unpaired) electrons. The van der Waals surface area contributed by atoms with Gasteiger partial charge in [0.05, 0.1) is 5.52 Å². The first-order chi connectivity index (χ1) is 7.61. The number of aliphatic hydroxyl groups excluding tert-OH is 1. The van der Waals surface area contributed by atoms with Gasteiger partial charge in [0.25, 0.3) is 0 Å². The summed E-state index contributed by atoms with van der Waals surface area (Å²) in [5, 5.41) is 8.97. The van der Waals surface area contributed by atoms with Gasteiger partial charge in [0, 0.05) is 24.9 Å². The molecule has 1 atom stereocenters. The van der Waals surface area contributed by atoms with Crippen molar-refractivity contribution in [1.82, 2.24) is 4.57 Å². The van der Waals surface area contributed by atoms with Crippen LogP contribution in [-0.2, 0) is 6.54 Å². The largest absolute Gasteiger partial charge is 0.419 e. The molecule has 5 heteroatoms. The first kappa shape index (κ1) is 10.8. The van der Waals surface area contributed by atoms with E-state index in [4.69, 9.17) is 15.3 Å². The second-order valence-electron chi connectivity index (χ2n) is 3.99. The monoisotopic (exact) mass is 222 g/mol. The van der Waals surface area contributed by atoms with Crippen molar-refractivity contribution in [2.24, 2.45) is 5.92 Å². The zero-order chi connectivity index (χ0) is 11.7. The van der Waals surface area contributed by atoms with Crippen LogP contribution in [-0.4, -0.2) is 16.3 Å². The number of nitrogens with two attached hydrogens (primary N) is 1. The maximum atomic E-state index is 11.6. The van der Waals surface area contributed by atoms with E-state index in [2.05, 4.69) is 0 Å². The third kappa shape index (κ3) is 1.81. The summed E-state index contributed by atoms with van der Waals surface area (Å²) in [7, 11) is 0. The lowest BCUT2D eigenvalue weighted by molar-refractivity contribution is 0.221. The van der Waals surface area contributed by atoms with Gasteiger partial charge in [-0.05, 0) is 18.1 Å². The topological polar surface area (TPSA) is 81.4 Å². The molecule has 0 saturated carbocycles. The van der Waals surface area contributed by atoms with E-state index in [0.717, 1.165) is 0 Å². The molecule has 1 unspecified atom stereocenters. The van der Waals surface area contributed by atoms with Crippen molar-refractivity contribution >= 4 is 16.8 Å². The molecule has 1 aromatic carbocycles. The summed E-state index contributed by atoms with van der Waals surface area (Å²) < 4.78 is 6.58. The smallest absolute Gasteiger partial charge is 0.408 e. The molecule has 0 amide bonds. The molecule has 1 aromatic heterocycles. The van der Waals surface area contributed by atoms with E-state index < -0.39 is 5.76 Å². The number of nitrogens with zero attached hydrogens (tertiary/aromatic N) is 1. The van der Waals surface area contributed by atoms with Crippen LogP contribution < -0.4 is 11.5 Å². The number of fused-ring (bicyclic) bond motifs is 1. The average molecular weight is 222 g/mol. The summed E-state index contributed by atoms with van der Waals surface area (Å²) in [6.45, 7) is 2.34. The van der Waals surface area contributed by atoms with Gasteiger partial charge in [-0.15, -0.1) is 0 Å². The second kappa shape index (κ2) is 4.02. The number of aromatic nitrogens is 1. The summed E-state index contributed by atoms with van der Waals surface area (Å²) in [4.78, 5) is 11.6.